The smallest absolute Gasteiger partial charge is 0.258 e. The number of nitrogens with zero attached hydrogens (tertiary/aromatic N) is 1. The highest BCUT2D eigenvalue weighted by atomic mass is 16.3. The Morgan fingerprint density at radius 1 is 1.29 bits per heavy atom. The van der Waals surface area contributed by atoms with Crippen LogP contribution in [0.4, 0.5) is 0 Å². The second-order valence-corrected chi connectivity index (χ2v) is 7.31. The topological polar surface area (TPSA) is 53.7 Å². The Morgan fingerprint density at radius 2 is 2.04 bits per heavy atom. The van der Waals surface area contributed by atoms with Crippen LogP contribution in [0.25, 0.3) is 0 Å². The summed E-state index contributed by atoms with van der Waals surface area (Å²) in [7, 11) is 0. The number of carbonyl (C=O) groups excluding carboxylic acids is 1. The highest BCUT2D eigenvalue weighted by Crippen LogP contribution is 2.47. The molecule has 0 bridgehead atoms. The number of phenolic OH excluding ortho intramolecular Hbond substituents is 1. The maximum Gasteiger partial charge on any atom is 0.258 e. The molecular weight excluding hydrogens is 302 g/mol. The molecule has 4 nitrogen and oxygen atoms in total. The summed E-state index contributed by atoms with van der Waals surface area (Å²) in [6.07, 6.45) is 3.23. The van der Waals surface area contributed by atoms with Crippen molar-refractivity contribution in [3.05, 3.63) is 53.0 Å². The Hall–Kier alpha value is -2.23. The van der Waals surface area contributed by atoms with Gasteiger partial charge in [0.05, 0.1) is 12.1 Å². The number of furan rings is 1. The summed E-state index contributed by atoms with van der Waals surface area (Å²) < 4.78 is 5.97. The first-order valence-electron chi connectivity index (χ1n) is 8.72. The molecule has 24 heavy (non-hydrogen) atoms. The van der Waals surface area contributed by atoms with E-state index in [-0.39, 0.29) is 17.7 Å². The van der Waals surface area contributed by atoms with E-state index in [4.69, 9.17) is 4.42 Å². The lowest BCUT2D eigenvalue weighted by Gasteiger charge is -2.22. The van der Waals surface area contributed by atoms with E-state index >= 15 is 0 Å². The molecule has 2 aliphatic rings. The number of carbonyl (C=O) groups is 1. The van der Waals surface area contributed by atoms with Crippen molar-refractivity contribution in [2.75, 3.05) is 0 Å². The van der Waals surface area contributed by atoms with Gasteiger partial charge in [-0.1, -0.05) is 18.6 Å². The number of rotatable bonds is 5. The zero-order valence-electron chi connectivity index (χ0n) is 14.2. The van der Waals surface area contributed by atoms with Gasteiger partial charge in [0.25, 0.3) is 5.91 Å². The Balaban J connectivity index is 1.55. The monoisotopic (exact) mass is 325 g/mol. The van der Waals surface area contributed by atoms with E-state index in [1.807, 2.05) is 30.0 Å². The summed E-state index contributed by atoms with van der Waals surface area (Å²) in [5.74, 6) is 3.05. The van der Waals surface area contributed by atoms with Crippen LogP contribution in [0.1, 0.15) is 59.5 Å². The first-order valence-corrected chi connectivity index (χ1v) is 8.72. The molecule has 1 heterocycles. The van der Waals surface area contributed by atoms with Gasteiger partial charge in [0.2, 0.25) is 0 Å². The molecule has 0 radical (unpaired) electrons. The highest BCUT2D eigenvalue weighted by molar-refractivity contribution is 5.97. The Morgan fingerprint density at radius 3 is 2.71 bits per heavy atom. The average molecular weight is 325 g/mol. The molecule has 1 aromatic carbocycles. The minimum atomic E-state index is -0.114. The fraction of sp³-hybridized carbons (Fsp3) is 0.450. The third-order valence-electron chi connectivity index (χ3n) is 5.11. The summed E-state index contributed by atoms with van der Waals surface area (Å²) >= 11 is 0. The lowest BCUT2D eigenvalue weighted by molar-refractivity contribution is 0.0713. The van der Waals surface area contributed by atoms with Crippen LogP contribution in [-0.4, -0.2) is 22.0 Å². The molecule has 2 atom stereocenters. The highest BCUT2D eigenvalue weighted by Gasteiger charge is 2.38. The SMILES string of the molecule is Cc1ccc(O)c(C(=O)N(Cc2ccc(C3CC3C)o2)C2CC2)c1. The molecule has 0 aliphatic heterocycles. The molecular formula is C20H23NO3. The molecule has 2 saturated carbocycles. The van der Waals surface area contributed by atoms with Gasteiger partial charge in [0.15, 0.2) is 0 Å². The summed E-state index contributed by atoms with van der Waals surface area (Å²) in [5, 5.41) is 10.1. The lowest BCUT2D eigenvalue weighted by atomic mass is 10.1. The van der Waals surface area contributed by atoms with Gasteiger partial charge in [-0.05, 0) is 56.4 Å². The van der Waals surface area contributed by atoms with E-state index in [2.05, 4.69) is 6.92 Å². The second-order valence-electron chi connectivity index (χ2n) is 7.31. The predicted molar refractivity (Wildman–Crippen MR) is 91.0 cm³/mol. The van der Waals surface area contributed by atoms with Gasteiger partial charge in [0.1, 0.15) is 17.3 Å². The van der Waals surface area contributed by atoms with Gasteiger partial charge < -0.3 is 14.4 Å². The van der Waals surface area contributed by atoms with E-state index in [0.717, 1.165) is 29.9 Å². The van der Waals surface area contributed by atoms with E-state index in [1.165, 1.54) is 6.42 Å². The third kappa shape index (κ3) is 2.93. The molecule has 0 spiro atoms. The summed E-state index contributed by atoms with van der Waals surface area (Å²) in [4.78, 5) is 14.8. The number of benzene rings is 1. The van der Waals surface area contributed by atoms with E-state index < -0.39 is 0 Å². The molecule has 4 heteroatoms. The number of hydrogen-bond donors (Lipinski definition) is 1. The summed E-state index contributed by atoms with van der Waals surface area (Å²) in [5.41, 5.74) is 1.35. The van der Waals surface area contributed by atoms with Crippen LogP contribution in [0.2, 0.25) is 0 Å². The number of hydrogen-bond acceptors (Lipinski definition) is 3. The molecule has 2 fully saturated rings. The molecule has 2 aromatic rings. The van der Waals surface area contributed by atoms with Gasteiger partial charge >= 0.3 is 0 Å². The Kier molecular flexibility index (Phi) is 3.63. The van der Waals surface area contributed by atoms with Crippen molar-refractivity contribution in [2.24, 2.45) is 5.92 Å². The van der Waals surface area contributed by atoms with Crippen LogP contribution < -0.4 is 0 Å². The van der Waals surface area contributed by atoms with Crippen LogP contribution in [-0.2, 0) is 6.54 Å². The van der Waals surface area contributed by atoms with Gasteiger partial charge in [-0.2, -0.15) is 0 Å². The van der Waals surface area contributed by atoms with Crippen molar-refractivity contribution in [2.45, 2.75) is 51.6 Å². The van der Waals surface area contributed by atoms with Gasteiger partial charge in [-0.3, -0.25) is 4.79 Å². The van der Waals surface area contributed by atoms with Crippen molar-refractivity contribution in [1.82, 2.24) is 4.90 Å². The summed E-state index contributed by atoms with van der Waals surface area (Å²) in [6, 6.07) is 9.44. The van der Waals surface area contributed by atoms with Crippen molar-refractivity contribution in [1.29, 1.82) is 0 Å². The minimum Gasteiger partial charge on any atom is -0.507 e. The van der Waals surface area contributed by atoms with Crippen molar-refractivity contribution < 1.29 is 14.3 Å². The van der Waals surface area contributed by atoms with E-state index in [0.29, 0.717) is 23.9 Å². The third-order valence-corrected chi connectivity index (χ3v) is 5.11. The maximum atomic E-state index is 12.9. The normalized spacial score (nSPS) is 22.4. The van der Waals surface area contributed by atoms with Crippen molar-refractivity contribution in [3.8, 4) is 5.75 Å². The molecule has 1 N–H and O–H groups in total. The Labute approximate surface area is 142 Å². The summed E-state index contributed by atoms with van der Waals surface area (Å²) in [6.45, 7) is 4.62. The predicted octanol–water partition coefficient (Wildman–Crippen LogP) is 4.22. The van der Waals surface area contributed by atoms with Crippen molar-refractivity contribution >= 4 is 5.91 Å². The fourth-order valence-corrected chi connectivity index (χ4v) is 3.29. The van der Waals surface area contributed by atoms with Crippen LogP contribution >= 0.6 is 0 Å². The van der Waals surface area contributed by atoms with Gasteiger partial charge in [0, 0.05) is 12.0 Å². The quantitative estimate of drug-likeness (QED) is 0.895. The fourth-order valence-electron chi connectivity index (χ4n) is 3.29. The number of amides is 1. The minimum absolute atomic E-state index is 0.0446. The van der Waals surface area contributed by atoms with Crippen LogP contribution in [0.15, 0.2) is 34.7 Å². The molecule has 126 valence electrons. The Bertz CT molecular complexity index is 775. The standard InChI is InChI=1S/C20H23NO3/c1-12-3-7-18(22)17(9-12)20(23)21(14-4-5-14)11-15-6-8-19(24-15)16-10-13(16)2/h3,6-9,13-14,16,22H,4-5,10-11H2,1-2H3. The van der Waals surface area contributed by atoms with Crippen molar-refractivity contribution in [3.63, 3.8) is 0 Å². The van der Waals surface area contributed by atoms with E-state index in [9.17, 15) is 9.90 Å². The molecule has 2 aliphatic carbocycles. The van der Waals surface area contributed by atoms with Crippen LogP contribution in [0.5, 0.6) is 5.75 Å². The molecule has 2 unspecified atom stereocenters. The second kappa shape index (κ2) is 5.69. The molecule has 1 amide bonds. The van der Waals surface area contributed by atoms with Crippen LogP contribution in [0, 0.1) is 12.8 Å². The zero-order chi connectivity index (χ0) is 16.8. The zero-order valence-corrected chi connectivity index (χ0v) is 14.2. The largest absolute Gasteiger partial charge is 0.507 e. The number of aryl methyl sites for hydroxylation is 1. The average Bonchev–Trinajstić information content (AvgIpc) is 3.48. The number of phenols is 1. The molecule has 1 aromatic heterocycles. The van der Waals surface area contributed by atoms with Gasteiger partial charge in [-0.15, -0.1) is 0 Å². The first kappa shape index (κ1) is 15.3. The van der Waals surface area contributed by atoms with E-state index in [1.54, 1.807) is 12.1 Å². The maximum absolute atomic E-state index is 12.9. The molecule has 0 saturated heterocycles. The lowest BCUT2D eigenvalue weighted by Crippen LogP contribution is -2.32. The molecule has 4 rings (SSSR count). The first-order chi connectivity index (χ1) is 11.5. The van der Waals surface area contributed by atoms with Crippen LogP contribution in [0.3, 0.4) is 0 Å². The number of aromatic hydroxyl groups is 1. The van der Waals surface area contributed by atoms with Gasteiger partial charge in [-0.25, -0.2) is 0 Å².